The summed E-state index contributed by atoms with van der Waals surface area (Å²) in [6.45, 7) is 0. The van der Waals surface area contributed by atoms with Crippen LogP contribution in [0.4, 0.5) is 51.2 Å². The molecule has 0 amide bonds. The number of nitrogens with two attached hydrogens (primary N) is 3. The molecule has 0 aromatic heterocycles. The zero-order chi connectivity index (χ0) is 43.7. The van der Waals surface area contributed by atoms with Crippen LogP contribution in [-0.2, 0) is 30.4 Å². The molecule has 0 saturated carbocycles. The number of benzene rings is 6. The van der Waals surface area contributed by atoms with Gasteiger partial charge in [0, 0.05) is 5.69 Å². The van der Waals surface area contributed by atoms with E-state index in [1.54, 1.807) is 48.5 Å². The molecule has 0 heterocycles. The van der Waals surface area contributed by atoms with Gasteiger partial charge in [0.25, 0.3) is 30.4 Å². The molecule has 6 aromatic carbocycles. The molecular weight excluding hydrogens is 847 g/mol. The lowest BCUT2D eigenvalue weighted by molar-refractivity contribution is 0.415. The van der Waals surface area contributed by atoms with Gasteiger partial charge in [0.2, 0.25) is 0 Å². The van der Waals surface area contributed by atoms with E-state index >= 15 is 0 Å². The van der Waals surface area contributed by atoms with Crippen molar-refractivity contribution < 1.29 is 53.5 Å². The number of hydrogen-bond acceptors (Lipinski definition) is 18. The zero-order valence-electron chi connectivity index (χ0n) is 30.9. The number of ether oxygens (including phenoxy) is 2. The first kappa shape index (κ1) is 42.5. The molecular formula is C36H31N9O12S3. The van der Waals surface area contributed by atoms with Crippen LogP contribution in [0.1, 0.15) is 0 Å². The first-order valence-corrected chi connectivity index (χ1v) is 20.9. The number of methoxy groups -OCH3 is 2. The van der Waals surface area contributed by atoms with Crippen molar-refractivity contribution in [1.82, 2.24) is 0 Å². The molecule has 21 nitrogen and oxygen atoms in total. The van der Waals surface area contributed by atoms with E-state index in [1.807, 2.05) is 0 Å². The number of nitrogens with zero attached hydrogens (tertiary/aromatic N) is 6. The second-order valence-corrected chi connectivity index (χ2v) is 16.6. The van der Waals surface area contributed by atoms with Crippen LogP contribution in [0.25, 0.3) is 21.9 Å². The number of hydrogen-bond donors (Lipinski definition) is 7. The molecule has 0 aliphatic rings. The number of rotatable bonds is 12. The van der Waals surface area contributed by atoms with Crippen molar-refractivity contribution in [3.63, 3.8) is 0 Å². The first-order chi connectivity index (χ1) is 28.2. The van der Waals surface area contributed by atoms with Crippen molar-refractivity contribution >= 4 is 92.3 Å². The van der Waals surface area contributed by atoms with E-state index in [0.717, 1.165) is 30.3 Å². The summed E-state index contributed by atoms with van der Waals surface area (Å²) in [5.74, 6) is -0.518. The third kappa shape index (κ3) is 8.97. The van der Waals surface area contributed by atoms with Gasteiger partial charge in [0.1, 0.15) is 49.7 Å². The normalized spacial score (nSPS) is 12.6. The summed E-state index contributed by atoms with van der Waals surface area (Å²) in [5.41, 5.74) is 18.7. The topological polar surface area (TPSA) is 354 Å². The predicted molar refractivity (Wildman–Crippen MR) is 219 cm³/mol. The van der Waals surface area contributed by atoms with E-state index in [2.05, 4.69) is 30.7 Å². The molecule has 0 aliphatic heterocycles. The molecule has 0 bridgehead atoms. The first-order valence-electron chi connectivity index (χ1n) is 16.6. The van der Waals surface area contributed by atoms with E-state index in [4.69, 9.17) is 26.7 Å². The minimum Gasteiger partial charge on any atom is -0.505 e. The van der Waals surface area contributed by atoms with Crippen LogP contribution in [0.2, 0.25) is 0 Å². The summed E-state index contributed by atoms with van der Waals surface area (Å²) in [4.78, 5) is -2.49. The Morgan fingerprint density at radius 3 is 1.52 bits per heavy atom. The Balaban J connectivity index is 1.40. The lowest BCUT2D eigenvalue weighted by Gasteiger charge is -2.14. The third-order valence-electron chi connectivity index (χ3n) is 8.54. The van der Waals surface area contributed by atoms with Gasteiger partial charge >= 0.3 is 0 Å². The fourth-order valence-electron chi connectivity index (χ4n) is 5.65. The molecule has 310 valence electrons. The average molecular weight is 878 g/mol. The molecule has 10 N–H and O–H groups in total. The smallest absolute Gasteiger partial charge is 0.296 e. The van der Waals surface area contributed by atoms with Gasteiger partial charge in [-0.1, -0.05) is 12.1 Å². The van der Waals surface area contributed by atoms with Gasteiger partial charge in [-0.25, -0.2) is 0 Å². The molecule has 0 spiro atoms. The average Bonchev–Trinajstić information content (AvgIpc) is 3.18. The lowest BCUT2D eigenvalue weighted by Crippen LogP contribution is -2.03. The number of nitrogen functional groups attached to an aromatic ring is 3. The molecule has 0 radical (unpaired) electrons. The molecule has 6 aromatic rings. The van der Waals surface area contributed by atoms with Gasteiger partial charge in [0.05, 0.1) is 41.6 Å². The standard InChI is InChI=1S/C36H31N9O12S3/c1-56-28-13-18(3-10-26(28)42-41-25-12-5-21(37)17-24(25)38)19-4-11-27(29(14-19)57-2)43-44-34-30(59(50,51)52)15-20-16-31(60(53,54)55)35(36(46)32(20)33(34)39)45-40-22-6-8-23(9-7-22)58(47,48)49/h3-17,46H,37-39H2,1-2H3,(H,47,48,49)(H,50,51,52)(H,53,54,55). The number of azo groups is 3. The summed E-state index contributed by atoms with van der Waals surface area (Å²) in [6, 6.07) is 20.2. The monoisotopic (exact) mass is 877 g/mol. The van der Waals surface area contributed by atoms with Gasteiger partial charge in [-0.3, -0.25) is 13.7 Å². The van der Waals surface area contributed by atoms with E-state index in [-0.39, 0.29) is 17.1 Å². The van der Waals surface area contributed by atoms with Crippen molar-refractivity contribution in [3.05, 3.63) is 91.0 Å². The Bertz CT molecular complexity index is 3140. The van der Waals surface area contributed by atoms with Crippen molar-refractivity contribution in [1.29, 1.82) is 0 Å². The second kappa shape index (κ2) is 16.3. The maximum absolute atomic E-state index is 12.6. The molecule has 0 fully saturated rings. The van der Waals surface area contributed by atoms with E-state index in [0.29, 0.717) is 45.7 Å². The lowest BCUT2D eigenvalue weighted by atomic mass is 10.0. The fourth-order valence-corrected chi connectivity index (χ4v) is 7.46. The summed E-state index contributed by atoms with van der Waals surface area (Å²) in [6.07, 6.45) is 0. The maximum atomic E-state index is 12.6. The summed E-state index contributed by atoms with van der Waals surface area (Å²) < 4.78 is 113. The minimum atomic E-state index is -5.21. The molecule has 0 atom stereocenters. The Morgan fingerprint density at radius 2 is 1.02 bits per heavy atom. The maximum Gasteiger partial charge on any atom is 0.296 e. The highest BCUT2D eigenvalue weighted by molar-refractivity contribution is 7.86. The van der Waals surface area contributed by atoms with Crippen molar-refractivity contribution in [2.45, 2.75) is 14.7 Å². The SMILES string of the molecule is COc1cc(-c2ccc(N=Nc3c(S(=O)(=O)O)cc4cc(S(=O)(=O)O)c(N=Nc5ccc(S(=O)(=O)O)cc5)c(O)c4c3N)c(OC)c2)ccc1N=Nc1ccc(N)cc1N. The largest absolute Gasteiger partial charge is 0.505 e. The van der Waals surface area contributed by atoms with Crippen molar-refractivity contribution in [2.24, 2.45) is 30.7 Å². The molecule has 6 rings (SSSR count). The summed E-state index contributed by atoms with van der Waals surface area (Å²) in [7, 11) is -12.2. The van der Waals surface area contributed by atoms with Crippen LogP contribution in [0.3, 0.4) is 0 Å². The number of phenols is 1. The van der Waals surface area contributed by atoms with Crippen molar-refractivity contribution in [2.75, 3.05) is 31.4 Å². The van der Waals surface area contributed by atoms with Gasteiger partial charge < -0.3 is 31.8 Å². The molecule has 0 unspecified atom stereocenters. The third-order valence-corrected chi connectivity index (χ3v) is 11.1. The van der Waals surface area contributed by atoms with E-state index in [1.165, 1.54) is 20.3 Å². The van der Waals surface area contributed by atoms with Crippen LogP contribution >= 0.6 is 0 Å². The number of anilines is 3. The minimum absolute atomic E-state index is 0.0426. The van der Waals surface area contributed by atoms with Crippen LogP contribution in [0, 0.1) is 0 Å². The Hall–Kier alpha value is -7.09. The predicted octanol–water partition coefficient (Wildman–Crippen LogP) is 7.96. The van der Waals surface area contributed by atoms with Crippen LogP contribution in [0.15, 0.2) is 136 Å². The quantitative estimate of drug-likeness (QED) is 0.0348. The van der Waals surface area contributed by atoms with Gasteiger partial charge in [-0.2, -0.15) is 30.4 Å². The zero-order valence-corrected chi connectivity index (χ0v) is 33.3. The number of phenolic OH excluding ortho intramolecular Hbond substituents is 1. The summed E-state index contributed by atoms with van der Waals surface area (Å²) >= 11 is 0. The fraction of sp³-hybridized carbons (Fsp3) is 0.0556. The molecule has 60 heavy (non-hydrogen) atoms. The highest BCUT2D eigenvalue weighted by Crippen LogP contribution is 2.49. The van der Waals surface area contributed by atoms with Crippen LogP contribution in [-0.4, -0.2) is 58.2 Å². The second-order valence-electron chi connectivity index (χ2n) is 12.4. The summed E-state index contributed by atoms with van der Waals surface area (Å²) in [5, 5.41) is 34.5. The Morgan fingerprint density at radius 1 is 0.533 bits per heavy atom. The highest BCUT2D eigenvalue weighted by Gasteiger charge is 2.28. The van der Waals surface area contributed by atoms with Gasteiger partial charge in [-0.05, 0) is 95.4 Å². The Labute approximate surface area is 340 Å². The van der Waals surface area contributed by atoms with Gasteiger partial charge in [-0.15, -0.1) is 25.6 Å². The van der Waals surface area contributed by atoms with Crippen molar-refractivity contribution in [3.8, 4) is 28.4 Å². The number of fused-ring (bicyclic) bond motifs is 1. The van der Waals surface area contributed by atoms with Crippen LogP contribution < -0.4 is 26.7 Å². The molecule has 24 heteroatoms. The van der Waals surface area contributed by atoms with E-state index < -0.39 is 78.6 Å². The van der Waals surface area contributed by atoms with Gasteiger partial charge in [0.15, 0.2) is 5.75 Å². The van der Waals surface area contributed by atoms with Crippen LogP contribution in [0.5, 0.6) is 17.2 Å². The molecule has 0 saturated heterocycles. The molecule has 0 aliphatic carbocycles. The number of aromatic hydroxyl groups is 1. The van der Waals surface area contributed by atoms with E-state index in [9.17, 15) is 44.0 Å². The highest BCUT2D eigenvalue weighted by atomic mass is 32.2. The Kier molecular flexibility index (Phi) is 11.5.